The summed E-state index contributed by atoms with van der Waals surface area (Å²) in [4.78, 5) is 24.8. The number of unbranched alkanes of at least 4 members (excludes halogenated alkanes) is 13. The summed E-state index contributed by atoms with van der Waals surface area (Å²) in [6, 6.07) is 0. The average molecular weight is 594 g/mol. The molecule has 1 heterocycles. The normalized spacial score (nSPS) is 17.8. The van der Waals surface area contributed by atoms with Crippen molar-refractivity contribution in [2.45, 2.75) is 143 Å². The number of nitrogens with zero attached hydrogens (tertiary/aromatic N) is 1. The summed E-state index contributed by atoms with van der Waals surface area (Å²) in [6.45, 7) is 9.27. The Morgan fingerprint density at radius 1 is 0.974 bits per heavy atom. The van der Waals surface area contributed by atoms with Crippen LogP contribution in [0.4, 0.5) is 0 Å². The van der Waals surface area contributed by atoms with Crippen LogP contribution < -0.4 is 0 Å². The molecule has 1 aliphatic rings. The van der Waals surface area contributed by atoms with Crippen LogP contribution in [-0.2, 0) is 27.9 Å². The molecule has 0 aromatic carbocycles. The number of carbonyl (C=O) groups is 1. The predicted octanol–water partition coefficient (Wildman–Crippen LogP) is 8.19. The maximum atomic E-state index is 12.6. The quantitative estimate of drug-likeness (QED) is 0.0675. The Morgan fingerprint density at radius 3 is 1.95 bits per heavy atom. The van der Waals surface area contributed by atoms with E-state index in [0.29, 0.717) is 6.61 Å². The minimum atomic E-state index is -4.36. The van der Waals surface area contributed by atoms with Crippen molar-refractivity contribution in [1.82, 2.24) is 4.90 Å². The third kappa shape index (κ3) is 17.1. The molecular formula is C29H56NO7PS. The highest BCUT2D eigenvalue weighted by molar-refractivity contribution is 8.03. The van der Waals surface area contributed by atoms with Gasteiger partial charge in [0, 0.05) is 31.2 Å². The zero-order chi connectivity index (χ0) is 29.1. The average Bonchev–Trinajstić information content (AvgIpc) is 3.21. The smallest absolute Gasteiger partial charge is 0.457 e. The fourth-order valence-electron chi connectivity index (χ4n) is 4.56. The molecule has 230 valence electrons. The molecule has 0 amide bonds. The zero-order valence-electron chi connectivity index (χ0n) is 25.5. The van der Waals surface area contributed by atoms with Gasteiger partial charge in [-0.05, 0) is 27.2 Å². The van der Waals surface area contributed by atoms with E-state index in [4.69, 9.17) is 18.5 Å². The van der Waals surface area contributed by atoms with E-state index >= 15 is 0 Å². The van der Waals surface area contributed by atoms with Crippen LogP contribution in [0.25, 0.3) is 0 Å². The molecular weight excluding hydrogens is 537 g/mol. The highest BCUT2D eigenvalue weighted by atomic mass is 32.2. The van der Waals surface area contributed by atoms with Gasteiger partial charge >= 0.3 is 13.8 Å². The van der Waals surface area contributed by atoms with Crippen LogP contribution in [-0.4, -0.2) is 60.2 Å². The van der Waals surface area contributed by atoms with Crippen molar-refractivity contribution < 1.29 is 32.8 Å². The molecule has 0 bridgehead atoms. The van der Waals surface area contributed by atoms with Crippen molar-refractivity contribution in [3.05, 3.63) is 10.6 Å². The molecule has 1 N–H and O–H groups in total. The van der Waals surface area contributed by atoms with Gasteiger partial charge in [0.05, 0.1) is 24.7 Å². The Morgan fingerprint density at radius 2 is 1.49 bits per heavy atom. The van der Waals surface area contributed by atoms with Gasteiger partial charge < -0.3 is 19.3 Å². The summed E-state index contributed by atoms with van der Waals surface area (Å²) in [6.07, 6.45) is 16.2. The first kappa shape index (κ1) is 36.5. The number of allylic oxidation sites excluding steroid dienone is 1. The lowest BCUT2D eigenvalue weighted by molar-refractivity contribution is -0.157. The maximum absolute atomic E-state index is 12.6. The van der Waals surface area contributed by atoms with Crippen molar-refractivity contribution >= 4 is 25.6 Å². The van der Waals surface area contributed by atoms with Crippen LogP contribution in [0.1, 0.15) is 125 Å². The molecule has 0 aliphatic carbocycles. The topological polar surface area (TPSA) is 94.5 Å². The first-order valence-electron chi connectivity index (χ1n) is 15.1. The molecule has 0 saturated carbocycles. The third-order valence-corrected chi connectivity index (χ3v) is 9.64. The van der Waals surface area contributed by atoms with Crippen molar-refractivity contribution in [1.29, 1.82) is 0 Å². The van der Waals surface area contributed by atoms with Gasteiger partial charge in [0.15, 0.2) is 6.10 Å². The molecule has 0 saturated heterocycles. The zero-order valence-corrected chi connectivity index (χ0v) is 27.2. The molecule has 0 radical (unpaired) electrons. The fourth-order valence-corrected chi connectivity index (χ4v) is 6.71. The maximum Gasteiger partial charge on any atom is 0.472 e. The van der Waals surface area contributed by atoms with Gasteiger partial charge in [-0.1, -0.05) is 90.4 Å². The third-order valence-electron chi connectivity index (χ3n) is 7.12. The minimum absolute atomic E-state index is 0.287. The highest BCUT2D eigenvalue weighted by Crippen LogP contribution is 2.48. The number of thioether (sulfide) groups is 1. The van der Waals surface area contributed by atoms with Gasteiger partial charge in [0.25, 0.3) is 0 Å². The number of ether oxygens (including phenoxy) is 2. The van der Waals surface area contributed by atoms with Crippen LogP contribution in [0.15, 0.2) is 10.6 Å². The Bertz CT molecular complexity index is 751. The second kappa shape index (κ2) is 21.2. The molecule has 8 nitrogen and oxygen atoms in total. The summed E-state index contributed by atoms with van der Waals surface area (Å²) in [5.41, 5.74) is 1.01. The second-order valence-electron chi connectivity index (χ2n) is 10.8. The Kier molecular flexibility index (Phi) is 19.8. The number of phosphoric ester groups is 1. The summed E-state index contributed by atoms with van der Waals surface area (Å²) in [7, 11) is -2.40. The standard InChI is InChI=1S/C29H56NO7PS/c1-7-8-9-10-11-12-13-14-15-16-17-18-19-20-21-34-25(3)28(36-27(5)31)22-35-38(32,33)37-26(4)29-24(2)30(6)23-39-29/h25-26,28H,7-23H2,1-6H3,(H,32,33). The van der Waals surface area contributed by atoms with Gasteiger partial charge in [0.2, 0.25) is 0 Å². The number of esters is 1. The summed E-state index contributed by atoms with van der Waals surface area (Å²) >= 11 is 1.57. The Balaban J connectivity index is 2.22. The minimum Gasteiger partial charge on any atom is -0.457 e. The molecule has 0 aromatic heterocycles. The predicted molar refractivity (Wildman–Crippen MR) is 161 cm³/mol. The fraction of sp³-hybridized carbons (Fsp3) is 0.897. The Labute approximate surface area is 242 Å². The van der Waals surface area contributed by atoms with Crippen molar-refractivity contribution in [2.24, 2.45) is 0 Å². The van der Waals surface area contributed by atoms with Gasteiger partial charge in [-0.2, -0.15) is 0 Å². The SMILES string of the molecule is CCCCCCCCCCCCCCCCOC(C)C(COP(=O)(O)OC(C)C1=C(C)N(C)CS1)OC(C)=O. The number of carbonyl (C=O) groups excluding carboxylic acids is 1. The van der Waals surface area contributed by atoms with E-state index in [9.17, 15) is 14.3 Å². The molecule has 4 atom stereocenters. The summed E-state index contributed by atoms with van der Waals surface area (Å²) in [5.74, 6) is 0.275. The van der Waals surface area contributed by atoms with Gasteiger partial charge in [-0.15, -0.1) is 11.8 Å². The number of phosphoric acid groups is 1. The number of rotatable bonds is 24. The van der Waals surface area contributed by atoms with Gasteiger partial charge in [0.1, 0.15) is 0 Å². The molecule has 1 aliphatic heterocycles. The lowest BCUT2D eigenvalue weighted by Crippen LogP contribution is -2.35. The largest absolute Gasteiger partial charge is 0.472 e. The second-order valence-corrected chi connectivity index (χ2v) is 13.1. The van der Waals surface area contributed by atoms with E-state index in [1.54, 1.807) is 25.6 Å². The monoisotopic (exact) mass is 593 g/mol. The van der Waals surface area contributed by atoms with E-state index < -0.39 is 32.1 Å². The molecule has 0 spiro atoms. The Hall–Kier alpha value is -0.570. The van der Waals surface area contributed by atoms with Crippen molar-refractivity contribution in [2.75, 3.05) is 26.1 Å². The lowest BCUT2D eigenvalue weighted by Gasteiger charge is -2.25. The molecule has 4 unspecified atom stereocenters. The van der Waals surface area contributed by atoms with Crippen LogP contribution >= 0.6 is 19.6 Å². The van der Waals surface area contributed by atoms with E-state index in [1.165, 1.54) is 84.0 Å². The molecule has 0 fully saturated rings. The van der Waals surface area contributed by atoms with E-state index in [1.807, 2.05) is 14.0 Å². The van der Waals surface area contributed by atoms with Crippen LogP contribution in [0, 0.1) is 0 Å². The number of hydrogen-bond acceptors (Lipinski definition) is 8. The lowest BCUT2D eigenvalue weighted by atomic mass is 10.0. The first-order valence-corrected chi connectivity index (χ1v) is 17.5. The van der Waals surface area contributed by atoms with Crippen LogP contribution in [0.5, 0.6) is 0 Å². The summed E-state index contributed by atoms with van der Waals surface area (Å²) < 4.78 is 34.4. The molecule has 0 aromatic rings. The molecule has 39 heavy (non-hydrogen) atoms. The van der Waals surface area contributed by atoms with Crippen molar-refractivity contribution in [3.63, 3.8) is 0 Å². The van der Waals surface area contributed by atoms with Crippen LogP contribution in [0.2, 0.25) is 0 Å². The van der Waals surface area contributed by atoms with E-state index in [2.05, 4.69) is 11.8 Å². The van der Waals surface area contributed by atoms with E-state index in [-0.39, 0.29) is 6.61 Å². The summed E-state index contributed by atoms with van der Waals surface area (Å²) in [5, 5.41) is 0. The van der Waals surface area contributed by atoms with Crippen molar-refractivity contribution in [3.8, 4) is 0 Å². The highest BCUT2D eigenvalue weighted by Gasteiger charge is 2.32. The van der Waals surface area contributed by atoms with Gasteiger partial charge in [-0.3, -0.25) is 13.8 Å². The molecule has 1 rings (SSSR count). The number of hydrogen-bond donors (Lipinski definition) is 1. The van der Waals surface area contributed by atoms with Crippen LogP contribution in [0.3, 0.4) is 0 Å². The van der Waals surface area contributed by atoms with E-state index in [0.717, 1.165) is 29.3 Å². The molecule has 10 heteroatoms. The first-order chi connectivity index (χ1) is 18.6. The van der Waals surface area contributed by atoms with Gasteiger partial charge in [-0.25, -0.2) is 4.57 Å².